The number of halogens is 2. The molecule has 2 N–H and O–H groups in total. The summed E-state index contributed by atoms with van der Waals surface area (Å²) in [4.78, 5) is 10.1. The highest BCUT2D eigenvalue weighted by molar-refractivity contribution is 9.10. The van der Waals surface area contributed by atoms with Gasteiger partial charge >= 0.3 is 0 Å². The van der Waals surface area contributed by atoms with Crippen LogP contribution < -0.4 is 5.32 Å². The van der Waals surface area contributed by atoms with Crippen molar-refractivity contribution in [3.63, 3.8) is 0 Å². The Morgan fingerprint density at radius 3 is 2.70 bits per heavy atom. The van der Waals surface area contributed by atoms with Crippen LogP contribution in [0.1, 0.15) is 5.56 Å². The number of rotatable bonds is 4. The fourth-order valence-corrected chi connectivity index (χ4v) is 2.05. The van der Waals surface area contributed by atoms with Crippen molar-refractivity contribution in [3.8, 4) is 5.75 Å². The summed E-state index contributed by atoms with van der Waals surface area (Å²) < 4.78 is 14.1. The molecule has 0 aromatic heterocycles. The minimum absolute atomic E-state index is 0.0587. The van der Waals surface area contributed by atoms with Crippen LogP contribution in [0.15, 0.2) is 40.9 Å². The van der Waals surface area contributed by atoms with Gasteiger partial charge in [0.05, 0.1) is 15.1 Å². The maximum Gasteiger partial charge on any atom is 0.271 e. The quantitative estimate of drug-likeness (QED) is 0.655. The molecule has 2 aromatic rings. The number of nitro benzene ring substituents is 1. The van der Waals surface area contributed by atoms with Gasteiger partial charge in [-0.3, -0.25) is 10.1 Å². The third-order valence-electron chi connectivity index (χ3n) is 2.66. The van der Waals surface area contributed by atoms with Gasteiger partial charge in [0.25, 0.3) is 5.69 Å². The number of non-ortho nitro benzene ring substituents is 1. The van der Waals surface area contributed by atoms with Crippen LogP contribution in [0.2, 0.25) is 0 Å². The van der Waals surface area contributed by atoms with Crippen LogP contribution in [0.3, 0.4) is 0 Å². The normalized spacial score (nSPS) is 10.3. The molecule has 0 aliphatic rings. The lowest BCUT2D eigenvalue weighted by Crippen LogP contribution is -2.02. The average Bonchev–Trinajstić information content (AvgIpc) is 2.41. The van der Waals surface area contributed by atoms with E-state index in [-0.39, 0.29) is 23.7 Å². The van der Waals surface area contributed by atoms with Gasteiger partial charge in [-0.25, -0.2) is 4.39 Å². The van der Waals surface area contributed by atoms with Crippen molar-refractivity contribution in [1.29, 1.82) is 0 Å². The molecule has 0 heterocycles. The lowest BCUT2D eigenvalue weighted by molar-refractivity contribution is -0.384. The molecule has 0 atom stereocenters. The van der Waals surface area contributed by atoms with E-state index in [2.05, 4.69) is 21.2 Å². The predicted octanol–water partition coefficient (Wildman–Crippen LogP) is 3.81. The van der Waals surface area contributed by atoms with E-state index >= 15 is 0 Å². The van der Waals surface area contributed by atoms with Crippen LogP contribution in [0, 0.1) is 15.9 Å². The lowest BCUT2D eigenvalue weighted by atomic mass is 10.2. The van der Waals surface area contributed by atoms with Gasteiger partial charge < -0.3 is 10.4 Å². The number of phenols is 1. The third kappa shape index (κ3) is 3.24. The topological polar surface area (TPSA) is 75.4 Å². The summed E-state index contributed by atoms with van der Waals surface area (Å²) in [6, 6.07) is 8.15. The Hall–Kier alpha value is -2.15. The number of nitro groups is 1. The van der Waals surface area contributed by atoms with Crippen molar-refractivity contribution in [3.05, 3.63) is 62.4 Å². The largest absolute Gasteiger partial charge is 0.507 e. The molecule has 0 saturated heterocycles. The summed E-state index contributed by atoms with van der Waals surface area (Å²) >= 11 is 3.18. The van der Waals surface area contributed by atoms with E-state index in [1.807, 2.05) is 0 Å². The van der Waals surface area contributed by atoms with Crippen molar-refractivity contribution in [2.24, 2.45) is 0 Å². The van der Waals surface area contributed by atoms with E-state index in [0.717, 1.165) is 23.8 Å². The molecule has 0 saturated carbocycles. The van der Waals surface area contributed by atoms with Crippen molar-refractivity contribution in [1.82, 2.24) is 0 Å². The van der Waals surface area contributed by atoms with Crippen LogP contribution in [0.4, 0.5) is 15.8 Å². The zero-order valence-electron chi connectivity index (χ0n) is 10.1. The number of hydrogen-bond donors (Lipinski definition) is 2. The van der Waals surface area contributed by atoms with E-state index in [4.69, 9.17) is 0 Å². The molecule has 0 radical (unpaired) electrons. The fourth-order valence-electron chi connectivity index (χ4n) is 1.62. The highest BCUT2D eigenvalue weighted by atomic mass is 79.9. The van der Waals surface area contributed by atoms with E-state index < -0.39 is 10.7 Å². The van der Waals surface area contributed by atoms with Crippen LogP contribution in [0.25, 0.3) is 0 Å². The highest BCUT2D eigenvalue weighted by Crippen LogP contribution is 2.26. The molecule has 2 aromatic carbocycles. The summed E-state index contributed by atoms with van der Waals surface area (Å²) in [5.74, 6) is -0.455. The van der Waals surface area contributed by atoms with Gasteiger partial charge in [0.2, 0.25) is 0 Å². The van der Waals surface area contributed by atoms with Gasteiger partial charge in [-0.05, 0) is 39.7 Å². The second-order valence-electron chi connectivity index (χ2n) is 4.06. The first-order valence-corrected chi connectivity index (χ1v) is 6.42. The zero-order chi connectivity index (χ0) is 14.7. The Kier molecular flexibility index (Phi) is 4.19. The number of nitrogens with zero attached hydrogens (tertiary/aromatic N) is 1. The van der Waals surface area contributed by atoms with Crippen molar-refractivity contribution >= 4 is 27.3 Å². The molecule has 0 fully saturated rings. The van der Waals surface area contributed by atoms with E-state index in [1.165, 1.54) is 6.07 Å². The Morgan fingerprint density at radius 2 is 2.05 bits per heavy atom. The molecule has 20 heavy (non-hydrogen) atoms. The van der Waals surface area contributed by atoms with Gasteiger partial charge in [-0.2, -0.15) is 0 Å². The van der Waals surface area contributed by atoms with E-state index in [1.54, 1.807) is 12.1 Å². The second kappa shape index (κ2) is 5.87. The predicted molar refractivity (Wildman–Crippen MR) is 76.2 cm³/mol. The number of aromatic hydroxyl groups is 1. The molecule has 7 heteroatoms. The molecule has 0 unspecified atom stereocenters. The maximum atomic E-state index is 13.5. The third-order valence-corrected chi connectivity index (χ3v) is 3.29. The first-order chi connectivity index (χ1) is 9.47. The molecule has 0 aliphatic carbocycles. The Labute approximate surface area is 122 Å². The van der Waals surface area contributed by atoms with Crippen LogP contribution in [-0.2, 0) is 6.54 Å². The van der Waals surface area contributed by atoms with Gasteiger partial charge in [0.15, 0.2) is 0 Å². The first-order valence-electron chi connectivity index (χ1n) is 5.62. The van der Waals surface area contributed by atoms with Gasteiger partial charge in [-0.15, -0.1) is 0 Å². The summed E-state index contributed by atoms with van der Waals surface area (Å²) in [5.41, 5.74) is 0.671. The average molecular weight is 341 g/mol. The standard InChI is InChI=1S/C13H10BrFN2O3/c14-10-5-8(1-4-13(10)18)7-16-12-6-9(17(19)20)2-3-11(12)15/h1-6,16,18H,7H2. The fraction of sp³-hybridized carbons (Fsp3) is 0.0769. The van der Waals surface area contributed by atoms with Crippen LogP contribution >= 0.6 is 15.9 Å². The van der Waals surface area contributed by atoms with Gasteiger partial charge in [0.1, 0.15) is 11.6 Å². The number of nitrogens with one attached hydrogen (secondary N) is 1. The molecule has 0 amide bonds. The number of hydrogen-bond acceptors (Lipinski definition) is 4. The van der Waals surface area contributed by atoms with Gasteiger partial charge in [0, 0.05) is 18.7 Å². The van der Waals surface area contributed by atoms with Gasteiger partial charge in [-0.1, -0.05) is 6.07 Å². The second-order valence-corrected chi connectivity index (χ2v) is 4.91. The molecule has 0 bridgehead atoms. The van der Waals surface area contributed by atoms with Crippen molar-refractivity contribution in [2.45, 2.75) is 6.54 Å². The van der Waals surface area contributed by atoms with Crippen molar-refractivity contribution in [2.75, 3.05) is 5.32 Å². The lowest BCUT2D eigenvalue weighted by Gasteiger charge is -2.08. The summed E-state index contributed by atoms with van der Waals surface area (Å²) in [5, 5.41) is 22.8. The number of anilines is 1. The Bertz CT molecular complexity index is 664. The van der Waals surface area contributed by atoms with Crippen LogP contribution in [0.5, 0.6) is 5.75 Å². The SMILES string of the molecule is O=[N+]([O-])c1ccc(F)c(NCc2ccc(O)c(Br)c2)c1. The number of benzene rings is 2. The van der Waals surface area contributed by atoms with Crippen LogP contribution in [-0.4, -0.2) is 10.0 Å². The summed E-state index contributed by atoms with van der Waals surface area (Å²) in [7, 11) is 0. The summed E-state index contributed by atoms with van der Waals surface area (Å²) in [6.45, 7) is 0.275. The van der Waals surface area contributed by atoms with E-state index in [9.17, 15) is 19.6 Å². The summed E-state index contributed by atoms with van der Waals surface area (Å²) in [6.07, 6.45) is 0. The first kappa shape index (κ1) is 14.3. The Morgan fingerprint density at radius 1 is 1.30 bits per heavy atom. The molecule has 2 rings (SSSR count). The molecule has 104 valence electrons. The Balaban J connectivity index is 2.15. The van der Waals surface area contributed by atoms with E-state index in [0.29, 0.717) is 4.47 Å². The molecule has 5 nitrogen and oxygen atoms in total. The maximum absolute atomic E-state index is 13.5. The molecule has 0 aliphatic heterocycles. The minimum atomic E-state index is -0.582. The molecular weight excluding hydrogens is 331 g/mol. The van der Waals surface area contributed by atoms with Crippen molar-refractivity contribution < 1.29 is 14.4 Å². The monoisotopic (exact) mass is 340 g/mol. The smallest absolute Gasteiger partial charge is 0.271 e. The zero-order valence-corrected chi connectivity index (χ0v) is 11.7. The molecular formula is C13H10BrFN2O3. The highest BCUT2D eigenvalue weighted by Gasteiger charge is 2.10. The molecule has 0 spiro atoms. The number of phenolic OH excluding ortho intramolecular Hbond substituents is 1. The minimum Gasteiger partial charge on any atom is -0.507 e.